The maximum absolute atomic E-state index is 10.5. The molecule has 0 fully saturated rings. The van der Waals surface area contributed by atoms with Gasteiger partial charge in [0.05, 0.1) is 16.5 Å². The normalized spacial score (nSPS) is 10.3. The van der Waals surface area contributed by atoms with Gasteiger partial charge >= 0.3 is 0 Å². The zero-order valence-corrected chi connectivity index (χ0v) is 8.70. The highest BCUT2D eigenvalue weighted by Crippen LogP contribution is 2.15. The Morgan fingerprint density at radius 3 is 2.62 bits per heavy atom. The molecule has 0 aliphatic carbocycles. The summed E-state index contributed by atoms with van der Waals surface area (Å²) >= 11 is 5.63. The van der Waals surface area contributed by atoms with E-state index in [0.717, 1.165) is 0 Å². The van der Waals surface area contributed by atoms with Crippen LogP contribution >= 0.6 is 11.6 Å². The van der Waals surface area contributed by atoms with Crippen molar-refractivity contribution in [1.82, 2.24) is 20.2 Å². The Morgan fingerprint density at radius 1 is 1.38 bits per heavy atom. The predicted octanol–water partition coefficient (Wildman–Crippen LogP) is 1.31. The van der Waals surface area contributed by atoms with Crippen LogP contribution in [0, 0.1) is 10.1 Å². The fourth-order valence-electron chi connectivity index (χ4n) is 1.21. The molecule has 16 heavy (non-hydrogen) atoms. The highest BCUT2D eigenvalue weighted by molar-refractivity contribution is 6.16. The molecule has 82 valence electrons. The number of non-ortho nitro benzene ring substituents is 1. The molecule has 2 rings (SSSR count). The van der Waals surface area contributed by atoms with E-state index in [0.29, 0.717) is 11.5 Å². The van der Waals surface area contributed by atoms with Crippen LogP contribution in [0.15, 0.2) is 24.3 Å². The van der Waals surface area contributed by atoms with Crippen molar-refractivity contribution in [3.8, 4) is 5.69 Å². The van der Waals surface area contributed by atoms with Crippen molar-refractivity contribution in [1.29, 1.82) is 0 Å². The minimum atomic E-state index is -0.466. The molecule has 2 aromatic rings. The van der Waals surface area contributed by atoms with E-state index in [1.807, 2.05) is 0 Å². The molecular formula is C8H6ClN5O2. The van der Waals surface area contributed by atoms with Gasteiger partial charge in [0.1, 0.15) is 0 Å². The van der Waals surface area contributed by atoms with Gasteiger partial charge in [-0.05, 0) is 22.6 Å². The number of halogens is 1. The van der Waals surface area contributed by atoms with Crippen molar-refractivity contribution >= 4 is 17.3 Å². The van der Waals surface area contributed by atoms with Gasteiger partial charge in [-0.1, -0.05) is 0 Å². The van der Waals surface area contributed by atoms with Crippen molar-refractivity contribution in [2.45, 2.75) is 5.88 Å². The van der Waals surface area contributed by atoms with E-state index >= 15 is 0 Å². The second-order valence-corrected chi connectivity index (χ2v) is 3.18. The number of nitro benzene ring substituents is 1. The summed E-state index contributed by atoms with van der Waals surface area (Å²) in [4.78, 5) is 9.99. The first-order chi connectivity index (χ1) is 7.72. The minimum absolute atomic E-state index is 0.0178. The highest BCUT2D eigenvalue weighted by Gasteiger charge is 2.09. The van der Waals surface area contributed by atoms with Crippen LogP contribution in [-0.2, 0) is 5.88 Å². The molecule has 0 radical (unpaired) electrons. The summed E-state index contributed by atoms with van der Waals surface area (Å²) in [5.41, 5.74) is 0.649. The fraction of sp³-hybridized carbons (Fsp3) is 0.125. The molecule has 1 heterocycles. The molecule has 0 aliphatic heterocycles. The summed E-state index contributed by atoms with van der Waals surface area (Å²) < 4.78 is 1.43. The monoisotopic (exact) mass is 239 g/mol. The first kappa shape index (κ1) is 10.5. The number of nitro groups is 1. The van der Waals surface area contributed by atoms with Crippen LogP contribution < -0.4 is 0 Å². The lowest BCUT2D eigenvalue weighted by Gasteiger charge is -2.01. The van der Waals surface area contributed by atoms with E-state index in [2.05, 4.69) is 15.5 Å². The van der Waals surface area contributed by atoms with Gasteiger partial charge in [0, 0.05) is 12.1 Å². The Bertz CT molecular complexity index is 509. The smallest absolute Gasteiger partial charge is 0.258 e. The number of alkyl halides is 1. The van der Waals surface area contributed by atoms with Gasteiger partial charge in [0.2, 0.25) is 0 Å². The first-order valence-electron chi connectivity index (χ1n) is 4.30. The number of nitrogens with zero attached hydrogens (tertiary/aromatic N) is 5. The zero-order chi connectivity index (χ0) is 11.5. The molecule has 0 N–H and O–H groups in total. The molecule has 1 aromatic carbocycles. The fourth-order valence-corrected chi connectivity index (χ4v) is 1.37. The molecule has 0 aliphatic rings. The molecule has 0 saturated heterocycles. The molecule has 0 unspecified atom stereocenters. The van der Waals surface area contributed by atoms with Crippen molar-refractivity contribution in [3.05, 3.63) is 40.2 Å². The molecule has 8 heteroatoms. The zero-order valence-electron chi connectivity index (χ0n) is 7.95. The lowest BCUT2D eigenvalue weighted by molar-refractivity contribution is -0.384. The third-order valence-electron chi connectivity index (χ3n) is 1.96. The Morgan fingerprint density at radius 2 is 2.06 bits per heavy atom. The van der Waals surface area contributed by atoms with Crippen LogP contribution in [0.25, 0.3) is 5.69 Å². The summed E-state index contributed by atoms with van der Waals surface area (Å²) in [5, 5.41) is 21.4. The topological polar surface area (TPSA) is 86.7 Å². The van der Waals surface area contributed by atoms with Crippen LogP contribution in [0.5, 0.6) is 0 Å². The van der Waals surface area contributed by atoms with E-state index in [-0.39, 0.29) is 11.6 Å². The molecule has 0 atom stereocenters. The largest absolute Gasteiger partial charge is 0.269 e. The lowest BCUT2D eigenvalue weighted by Crippen LogP contribution is -2.01. The summed E-state index contributed by atoms with van der Waals surface area (Å²) in [6.07, 6.45) is 0. The van der Waals surface area contributed by atoms with Crippen molar-refractivity contribution in [2.75, 3.05) is 0 Å². The number of aromatic nitrogens is 4. The van der Waals surface area contributed by atoms with Gasteiger partial charge in [0.15, 0.2) is 5.82 Å². The SMILES string of the molecule is O=[N+]([O-])c1ccc(-n2nnnc2CCl)cc1. The quantitative estimate of drug-likeness (QED) is 0.458. The van der Waals surface area contributed by atoms with Crippen molar-refractivity contribution in [3.63, 3.8) is 0 Å². The van der Waals surface area contributed by atoms with Gasteiger partial charge in [0.25, 0.3) is 5.69 Å². The van der Waals surface area contributed by atoms with Crippen LogP contribution in [0.1, 0.15) is 5.82 Å². The Labute approximate surface area is 94.8 Å². The van der Waals surface area contributed by atoms with E-state index in [1.165, 1.54) is 16.8 Å². The predicted molar refractivity (Wildman–Crippen MR) is 55.4 cm³/mol. The summed E-state index contributed by atoms with van der Waals surface area (Å²) in [5.74, 6) is 0.653. The maximum atomic E-state index is 10.5. The molecular weight excluding hydrogens is 234 g/mol. The Balaban J connectivity index is 2.38. The van der Waals surface area contributed by atoms with Gasteiger partial charge in [-0.2, -0.15) is 4.68 Å². The summed E-state index contributed by atoms with van der Waals surface area (Å²) in [6.45, 7) is 0. The average Bonchev–Trinajstić information content (AvgIpc) is 2.77. The summed E-state index contributed by atoms with van der Waals surface area (Å²) in [7, 11) is 0. The van der Waals surface area contributed by atoms with E-state index < -0.39 is 4.92 Å². The van der Waals surface area contributed by atoms with Gasteiger partial charge in [-0.3, -0.25) is 10.1 Å². The lowest BCUT2D eigenvalue weighted by atomic mass is 10.3. The van der Waals surface area contributed by atoms with Gasteiger partial charge < -0.3 is 0 Å². The maximum Gasteiger partial charge on any atom is 0.269 e. The van der Waals surface area contributed by atoms with Crippen molar-refractivity contribution in [2.24, 2.45) is 0 Å². The minimum Gasteiger partial charge on any atom is -0.258 e. The molecule has 0 amide bonds. The van der Waals surface area contributed by atoms with Gasteiger partial charge in [-0.15, -0.1) is 16.7 Å². The first-order valence-corrected chi connectivity index (χ1v) is 4.84. The Hall–Kier alpha value is -2.02. The standard InChI is InChI=1S/C8H6ClN5O2/c9-5-8-10-11-12-13(8)6-1-3-7(4-2-6)14(15)16/h1-4H,5H2. The van der Waals surface area contributed by atoms with Crippen LogP contribution in [0.3, 0.4) is 0 Å². The second kappa shape index (κ2) is 4.23. The van der Waals surface area contributed by atoms with Crippen molar-refractivity contribution < 1.29 is 4.92 Å². The van der Waals surface area contributed by atoms with Crippen LogP contribution in [-0.4, -0.2) is 25.1 Å². The number of benzene rings is 1. The molecule has 1 aromatic heterocycles. The number of tetrazole rings is 1. The number of hydrogen-bond acceptors (Lipinski definition) is 5. The Kier molecular flexibility index (Phi) is 2.78. The highest BCUT2D eigenvalue weighted by atomic mass is 35.5. The third-order valence-corrected chi connectivity index (χ3v) is 2.20. The van der Waals surface area contributed by atoms with Crippen LogP contribution in [0.4, 0.5) is 5.69 Å². The third kappa shape index (κ3) is 1.84. The number of hydrogen-bond donors (Lipinski definition) is 0. The molecule has 0 bridgehead atoms. The van der Waals surface area contributed by atoms with Gasteiger partial charge in [-0.25, -0.2) is 0 Å². The average molecular weight is 240 g/mol. The molecule has 0 saturated carbocycles. The summed E-state index contributed by atoms with van der Waals surface area (Å²) in [6, 6.07) is 5.89. The van der Waals surface area contributed by atoms with E-state index in [1.54, 1.807) is 12.1 Å². The van der Waals surface area contributed by atoms with Crippen LogP contribution in [0.2, 0.25) is 0 Å². The molecule has 7 nitrogen and oxygen atoms in total. The van der Waals surface area contributed by atoms with E-state index in [4.69, 9.17) is 11.6 Å². The molecule has 0 spiro atoms. The second-order valence-electron chi connectivity index (χ2n) is 2.91. The number of rotatable bonds is 3. The van der Waals surface area contributed by atoms with E-state index in [9.17, 15) is 10.1 Å².